The predicted octanol–water partition coefficient (Wildman–Crippen LogP) is 4.40. The second kappa shape index (κ2) is 8.98. The maximum absolute atomic E-state index is 13.4. The number of carbonyl (C=O) groups is 2. The quantitative estimate of drug-likeness (QED) is 0.565. The Balaban J connectivity index is 1.75. The van der Waals surface area contributed by atoms with Gasteiger partial charge in [0.2, 0.25) is 0 Å². The van der Waals surface area contributed by atoms with Gasteiger partial charge < -0.3 is 14.8 Å². The smallest absolute Gasteiger partial charge is 0.278 e. The Kier molecular flexibility index (Phi) is 5.94. The molecule has 3 aromatic carbocycles. The van der Waals surface area contributed by atoms with Gasteiger partial charge in [-0.1, -0.05) is 54.1 Å². The van der Waals surface area contributed by atoms with E-state index >= 15 is 0 Å². The molecule has 3 aromatic rings. The van der Waals surface area contributed by atoms with Crippen molar-refractivity contribution in [1.29, 1.82) is 0 Å². The molecule has 1 aliphatic heterocycles. The molecule has 0 aromatic heterocycles. The molecule has 0 bridgehead atoms. The first-order valence-corrected chi connectivity index (χ1v) is 10.2. The highest BCUT2D eigenvalue weighted by Gasteiger charge is 2.39. The van der Waals surface area contributed by atoms with Crippen molar-refractivity contribution in [2.24, 2.45) is 0 Å². The fourth-order valence-electron chi connectivity index (χ4n) is 3.62. The molecule has 4 rings (SSSR count). The highest BCUT2D eigenvalue weighted by Crippen LogP contribution is 2.34. The lowest BCUT2D eigenvalue weighted by atomic mass is 10.0. The van der Waals surface area contributed by atoms with E-state index in [4.69, 9.17) is 9.47 Å². The van der Waals surface area contributed by atoms with Crippen molar-refractivity contribution in [2.45, 2.75) is 13.5 Å². The summed E-state index contributed by atoms with van der Waals surface area (Å²) in [5, 5.41) is 3.15. The monoisotopic (exact) mass is 428 g/mol. The Morgan fingerprint density at radius 1 is 0.812 bits per heavy atom. The van der Waals surface area contributed by atoms with Gasteiger partial charge >= 0.3 is 0 Å². The molecule has 1 N–H and O–H groups in total. The van der Waals surface area contributed by atoms with E-state index in [1.54, 1.807) is 50.6 Å². The minimum Gasteiger partial charge on any atom is -0.497 e. The minimum absolute atomic E-state index is 0.189. The van der Waals surface area contributed by atoms with Crippen molar-refractivity contribution in [3.05, 3.63) is 95.2 Å². The number of para-hydroxylation sites is 2. The van der Waals surface area contributed by atoms with Gasteiger partial charge in [0.05, 0.1) is 32.0 Å². The summed E-state index contributed by atoms with van der Waals surface area (Å²) in [5.74, 6) is 0.513. The van der Waals surface area contributed by atoms with Gasteiger partial charge in [-0.15, -0.1) is 0 Å². The second-order valence-electron chi connectivity index (χ2n) is 7.49. The molecule has 0 saturated heterocycles. The lowest BCUT2D eigenvalue weighted by molar-refractivity contribution is -0.137. The number of amides is 2. The zero-order valence-corrected chi connectivity index (χ0v) is 18.2. The van der Waals surface area contributed by atoms with E-state index in [0.29, 0.717) is 28.3 Å². The number of hydrogen-bond donors (Lipinski definition) is 1. The molecule has 0 aliphatic carbocycles. The van der Waals surface area contributed by atoms with Gasteiger partial charge in [-0.2, -0.15) is 0 Å². The van der Waals surface area contributed by atoms with Crippen LogP contribution in [0.25, 0.3) is 5.57 Å². The third-order valence-corrected chi connectivity index (χ3v) is 5.37. The van der Waals surface area contributed by atoms with Gasteiger partial charge in [-0.05, 0) is 42.3 Å². The van der Waals surface area contributed by atoms with E-state index in [2.05, 4.69) is 5.32 Å². The second-order valence-corrected chi connectivity index (χ2v) is 7.49. The Morgan fingerprint density at radius 2 is 1.50 bits per heavy atom. The van der Waals surface area contributed by atoms with Gasteiger partial charge in [0.25, 0.3) is 11.8 Å². The SMILES string of the molecule is COc1ccc(C2=C(Nc3ccccc3OC)C(=O)N(Cc3ccc(C)cc3)C2=O)cc1. The number of anilines is 1. The van der Waals surface area contributed by atoms with Crippen LogP contribution in [0.3, 0.4) is 0 Å². The Hall–Kier alpha value is -4.06. The van der Waals surface area contributed by atoms with Gasteiger partial charge in [0.1, 0.15) is 17.2 Å². The maximum Gasteiger partial charge on any atom is 0.278 e. The Bertz CT molecular complexity index is 1180. The summed E-state index contributed by atoms with van der Waals surface area (Å²) >= 11 is 0. The molecule has 6 heteroatoms. The van der Waals surface area contributed by atoms with Gasteiger partial charge in [0.15, 0.2) is 0 Å². The van der Waals surface area contributed by atoms with Crippen LogP contribution in [-0.4, -0.2) is 30.9 Å². The van der Waals surface area contributed by atoms with E-state index in [1.807, 2.05) is 43.3 Å². The number of methoxy groups -OCH3 is 2. The highest BCUT2D eigenvalue weighted by atomic mass is 16.5. The van der Waals surface area contributed by atoms with Crippen molar-refractivity contribution in [3.8, 4) is 11.5 Å². The number of rotatable bonds is 7. The molecule has 0 unspecified atom stereocenters. The molecule has 0 atom stereocenters. The summed E-state index contributed by atoms with van der Waals surface area (Å²) in [7, 11) is 3.14. The van der Waals surface area contributed by atoms with Crippen LogP contribution in [0.5, 0.6) is 11.5 Å². The number of hydrogen-bond acceptors (Lipinski definition) is 5. The molecular formula is C26H24N2O4. The third kappa shape index (κ3) is 4.07. The number of aryl methyl sites for hydroxylation is 1. The van der Waals surface area contributed by atoms with Gasteiger partial charge in [0, 0.05) is 0 Å². The number of carbonyl (C=O) groups excluding carboxylic acids is 2. The van der Waals surface area contributed by atoms with Crippen LogP contribution in [0, 0.1) is 6.92 Å². The highest BCUT2D eigenvalue weighted by molar-refractivity contribution is 6.36. The normalized spacial score (nSPS) is 13.5. The minimum atomic E-state index is -0.382. The van der Waals surface area contributed by atoms with Crippen LogP contribution in [0.2, 0.25) is 0 Å². The number of benzene rings is 3. The first-order valence-electron chi connectivity index (χ1n) is 10.2. The summed E-state index contributed by atoms with van der Waals surface area (Å²) in [5.41, 5.74) is 3.77. The van der Waals surface area contributed by atoms with Crippen molar-refractivity contribution in [3.63, 3.8) is 0 Å². The number of imide groups is 1. The molecular weight excluding hydrogens is 404 g/mol. The molecule has 2 amide bonds. The molecule has 1 heterocycles. The Labute approximate surface area is 187 Å². The van der Waals surface area contributed by atoms with E-state index < -0.39 is 0 Å². The first kappa shape index (κ1) is 21.2. The molecule has 1 aliphatic rings. The average molecular weight is 428 g/mol. The zero-order chi connectivity index (χ0) is 22.7. The van der Waals surface area contributed by atoms with Crippen LogP contribution < -0.4 is 14.8 Å². The first-order chi connectivity index (χ1) is 15.5. The number of nitrogens with one attached hydrogen (secondary N) is 1. The van der Waals surface area contributed by atoms with Crippen LogP contribution in [0.15, 0.2) is 78.5 Å². The molecule has 0 saturated carbocycles. The summed E-state index contributed by atoms with van der Waals surface area (Å²) in [4.78, 5) is 28.1. The van der Waals surface area contributed by atoms with Gasteiger partial charge in [-0.25, -0.2) is 0 Å². The molecule has 162 valence electrons. The summed E-state index contributed by atoms with van der Waals surface area (Å²) in [6, 6.07) is 22.1. The van der Waals surface area contributed by atoms with Crippen LogP contribution in [0.1, 0.15) is 16.7 Å². The summed E-state index contributed by atoms with van der Waals surface area (Å²) in [6.45, 7) is 2.18. The summed E-state index contributed by atoms with van der Waals surface area (Å²) in [6.07, 6.45) is 0. The fourth-order valence-corrected chi connectivity index (χ4v) is 3.62. The van der Waals surface area contributed by atoms with Crippen molar-refractivity contribution in [2.75, 3.05) is 19.5 Å². The largest absolute Gasteiger partial charge is 0.497 e. The lowest BCUT2D eigenvalue weighted by Crippen LogP contribution is -2.32. The Morgan fingerprint density at radius 3 is 2.16 bits per heavy atom. The topological polar surface area (TPSA) is 67.9 Å². The van der Waals surface area contributed by atoms with Crippen LogP contribution in [-0.2, 0) is 16.1 Å². The fraction of sp³-hybridized carbons (Fsp3) is 0.154. The number of ether oxygens (including phenoxy) is 2. The van der Waals surface area contributed by atoms with E-state index in [1.165, 1.54) is 4.90 Å². The van der Waals surface area contributed by atoms with E-state index in [0.717, 1.165) is 11.1 Å². The van der Waals surface area contributed by atoms with Crippen molar-refractivity contribution >= 4 is 23.1 Å². The lowest BCUT2D eigenvalue weighted by Gasteiger charge is -2.16. The van der Waals surface area contributed by atoms with Crippen LogP contribution >= 0.6 is 0 Å². The maximum atomic E-state index is 13.4. The standard InChI is InChI=1S/C26H24N2O4/c1-17-8-10-18(11-9-17)16-28-25(29)23(19-12-14-20(31-2)15-13-19)24(26(28)30)27-21-6-4-5-7-22(21)32-3/h4-15,27H,16H2,1-3H3. The third-order valence-electron chi connectivity index (χ3n) is 5.37. The molecule has 32 heavy (non-hydrogen) atoms. The average Bonchev–Trinajstić information content (AvgIpc) is 3.05. The summed E-state index contributed by atoms with van der Waals surface area (Å²) < 4.78 is 10.6. The molecule has 0 spiro atoms. The number of nitrogens with zero attached hydrogens (tertiary/aromatic N) is 1. The van der Waals surface area contributed by atoms with Crippen molar-refractivity contribution in [1.82, 2.24) is 4.90 Å². The zero-order valence-electron chi connectivity index (χ0n) is 18.2. The molecule has 6 nitrogen and oxygen atoms in total. The van der Waals surface area contributed by atoms with Crippen molar-refractivity contribution < 1.29 is 19.1 Å². The van der Waals surface area contributed by atoms with E-state index in [-0.39, 0.29) is 24.1 Å². The predicted molar refractivity (Wildman–Crippen MR) is 123 cm³/mol. The molecule has 0 fully saturated rings. The molecule has 0 radical (unpaired) electrons. The van der Waals surface area contributed by atoms with E-state index in [9.17, 15) is 9.59 Å². The van der Waals surface area contributed by atoms with Crippen LogP contribution in [0.4, 0.5) is 5.69 Å². The van der Waals surface area contributed by atoms with Gasteiger partial charge in [-0.3, -0.25) is 14.5 Å².